The van der Waals surface area contributed by atoms with Crippen molar-refractivity contribution in [3.63, 3.8) is 0 Å². The minimum atomic E-state index is 0.552. The summed E-state index contributed by atoms with van der Waals surface area (Å²) in [5, 5.41) is 8.95. The third kappa shape index (κ3) is 3.40. The van der Waals surface area contributed by atoms with Gasteiger partial charge in [0.1, 0.15) is 5.01 Å². The second kappa shape index (κ2) is 5.23. The maximum Gasteiger partial charge on any atom is 0.207 e. The number of hydrogen-bond acceptors (Lipinski definition) is 4. The van der Waals surface area contributed by atoms with Crippen LogP contribution in [0.25, 0.3) is 0 Å². The Morgan fingerprint density at radius 2 is 2.27 bits per heavy atom. The highest BCUT2D eigenvalue weighted by Gasteiger charge is 2.29. The molecule has 1 heterocycles. The van der Waals surface area contributed by atoms with Crippen molar-refractivity contribution in [2.75, 3.05) is 6.54 Å². The van der Waals surface area contributed by atoms with E-state index in [2.05, 4.69) is 22.0 Å². The maximum atomic E-state index is 5.77. The molecule has 1 aromatic heterocycles. The SMILES string of the molecule is CCCCN(Cc1nnc(Cl)s1)C1CC1. The third-order valence-corrected chi connectivity index (χ3v) is 3.65. The Bertz CT molecular complexity index is 311. The van der Waals surface area contributed by atoms with E-state index in [1.807, 2.05) is 0 Å². The quantitative estimate of drug-likeness (QED) is 0.772. The first-order valence-corrected chi connectivity index (χ1v) is 6.71. The molecule has 0 aromatic carbocycles. The van der Waals surface area contributed by atoms with Crippen molar-refractivity contribution < 1.29 is 0 Å². The smallest absolute Gasteiger partial charge is 0.207 e. The molecule has 0 atom stereocenters. The lowest BCUT2D eigenvalue weighted by atomic mass is 10.3. The highest BCUT2D eigenvalue weighted by molar-refractivity contribution is 7.15. The Labute approximate surface area is 99.5 Å². The van der Waals surface area contributed by atoms with Gasteiger partial charge in [-0.25, -0.2) is 0 Å². The lowest BCUT2D eigenvalue weighted by Crippen LogP contribution is -2.26. The number of rotatable bonds is 6. The molecule has 0 amide bonds. The van der Waals surface area contributed by atoms with Crippen LogP contribution in [-0.2, 0) is 6.54 Å². The van der Waals surface area contributed by atoms with Crippen LogP contribution in [0.4, 0.5) is 0 Å². The van der Waals surface area contributed by atoms with Crippen molar-refractivity contribution in [1.82, 2.24) is 15.1 Å². The summed E-state index contributed by atoms with van der Waals surface area (Å²) in [4.78, 5) is 2.51. The van der Waals surface area contributed by atoms with Crippen molar-refractivity contribution in [2.45, 2.75) is 45.2 Å². The highest BCUT2D eigenvalue weighted by atomic mass is 35.5. The summed E-state index contributed by atoms with van der Waals surface area (Å²) < 4.78 is 0.552. The molecule has 5 heteroatoms. The fourth-order valence-corrected chi connectivity index (χ4v) is 2.56. The van der Waals surface area contributed by atoms with Gasteiger partial charge in [0.05, 0.1) is 6.54 Å². The highest BCUT2D eigenvalue weighted by Crippen LogP contribution is 2.29. The topological polar surface area (TPSA) is 29.0 Å². The van der Waals surface area contributed by atoms with Crippen LogP contribution in [0.5, 0.6) is 0 Å². The van der Waals surface area contributed by atoms with Crippen LogP contribution in [-0.4, -0.2) is 27.7 Å². The van der Waals surface area contributed by atoms with E-state index in [1.54, 1.807) is 0 Å². The van der Waals surface area contributed by atoms with Crippen molar-refractivity contribution in [1.29, 1.82) is 0 Å². The maximum absolute atomic E-state index is 5.77. The second-order valence-electron chi connectivity index (χ2n) is 4.00. The first-order chi connectivity index (χ1) is 7.29. The standard InChI is InChI=1S/C10H16ClN3S/c1-2-3-6-14(8-4-5-8)7-9-12-13-10(11)15-9/h8H,2-7H2,1H3. The molecule has 0 unspecified atom stereocenters. The molecule has 1 aromatic rings. The number of nitrogens with zero attached hydrogens (tertiary/aromatic N) is 3. The van der Waals surface area contributed by atoms with Gasteiger partial charge in [0.25, 0.3) is 0 Å². The summed E-state index contributed by atoms with van der Waals surface area (Å²) in [5.74, 6) is 0. The number of aromatic nitrogens is 2. The molecule has 1 fully saturated rings. The van der Waals surface area contributed by atoms with Gasteiger partial charge in [-0.05, 0) is 37.4 Å². The first-order valence-electron chi connectivity index (χ1n) is 5.51. The van der Waals surface area contributed by atoms with Gasteiger partial charge >= 0.3 is 0 Å². The zero-order chi connectivity index (χ0) is 10.7. The van der Waals surface area contributed by atoms with E-state index >= 15 is 0 Å². The molecule has 2 rings (SSSR count). The van der Waals surface area contributed by atoms with E-state index in [-0.39, 0.29) is 0 Å². The summed E-state index contributed by atoms with van der Waals surface area (Å²) in [5.41, 5.74) is 0. The molecule has 0 bridgehead atoms. The second-order valence-corrected chi connectivity index (χ2v) is 5.65. The average molecular weight is 246 g/mol. The largest absolute Gasteiger partial charge is 0.294 e. The normalized spacial score (nSPS) is 16.2. The minimum absolute atomic E-state index is 0.552. The van der Waals surface area contributed by atoms with Crippen molar-refractivity contribution in [3.05, 3.63) is 9.47 Å². The van der Waals surface area contributed by atoms with Crippen LogP contribution in [0.3, 0.4) is 0 Å². The molecule has 0 saturated heterocycles. The van der Waals surface area contributed by atoms with E-state index in [4.69, 9.17) is 11.6 Å². The summed E-state index contributed by atoms with van der Waals surface area (Å²) in [7, 11) is 0. The third-order valence-electron chi connectivity index (χ3n) is 2.64. The van der Waals surface area contributed by atoms with Crippen molar-refractivity contribution in [2.24, 2.45) is 0 Å². The molecule has 1 saturated carbocycles. The van der Waals surface area contributed by atoms with Crippen LogP contribution < -0.4 is 0 Å². The predicted molar refractivity (Wildman–Crippen MR) is 63.3 cm³/mol. The van der Waals surface area contributed by atoms with E-state index in [0.717, 1.165) is 17.6 Å². The number of hydrogen-bond donors (Lipinski definition) is 0. The minimum Gasteiger partial charge on any atom is -0.294 e. The Balaban J connectivity index is 1.88. The van der Waals surface area contributed by atoms with Crippen molar-refractivity contribution in [3.8, 4) is 0 Å². The zero-order valence-electron chi connectivity index (χ0n) is 8.95. The fraction of sp³-hybridized carbons (Fsp3) is 0.800. The summed E-state index contributed by atoms with van der Waals surface area (Å²) in [6, 6.07) is 0.791. The number of halogens is 1. The van der Waals surface area contributed by atoms with Crippen LogP contribution in [0.15, 0.2) is 0 Å². The Morgan fingerprint density at radius 1 is 1.47 bits per heavy atom. The van der Waals surface area contributed by atoms with E-state index in [0.29, 0.717) is 4.47 Å². The molecule has 15 heavy (non-hydrogen) atoms. The average Bonchev–Trinajstić information content (AvgIpc) is 2.98. The molecular formula is C10H16ClN3S. The first kappa shape index (κ1) is 11.3. The van der Waals surface area contributed by atoms with Gasteiger partial charge in [-0.3, -0.25) is 4.90 Å². The van der Waals surface area contributed by atoms with E-state index in [9.17, 15) is 0 Å². The molecule has 0 spiro atoms. The van der Waals surface area contributed by atoms with E-state index < -0.39 is 0 Å². The molecule has 0 aliphatic heterocycles. The van der Waals surface area contributed by atoms with Gasteiger partial charge < -0.3 is 0 Å². The molecule has 3 nitrogen and oxygen atoms in total. The van der Waals surface area contributed by atoms with Crippen LogP contribution in [0, 0.1) is 0 Å². The lowest BCUT2D eigenvalue weighted by molar-refractivity contribution is 0.250. The summed E-state index contributed by atoms with van der Waals surface area (Å²) in [6.45, 7) is 4.33. The van der Waals surface area contributed by atoms with Gasteiger partial charge in [0.15, 0.2) is 0 Å². The Kier molecular flexibility index (Phi) is 3.94. The van der Waals surface area contributed by atoms with E-state index in [1.165, 1.54) is 43.6 Å². The molecule has 1 aliphatic carbocycles. The zero-order valence-corrected chi connectivity index (χ0v) is 10.5. The molecule has 1 aliphatic rings. The van der Waals surface area contributed by atoms with Gasteiger partial charge in [-0.2, -0.15) is 0 Å². The van der Waals surface area contributed by atoms with Crippen LogP contribution >= 0.6 is 22.9 Å². The van der Waals surface area contributed by atoms with Crippen LogP contribution in [0.2, 0.25) is 4.47 Å². The predicted octanol–water partition coefficient (Wildman–Crippen LogP) is 2.96. The fourth-order valence-electron chi connectivity index (χ4n) is 1.66. The Morgan fingerprint density at radius 3 is 2.80 bits per heavy atom. The molecular weight excluding hydrogens is 230 g/mol. The van der Waals surface area contributed by atoms with Gasteiger partial charge in [0, 0.05) is 6.04 Å². The molecule has 84 valence electrons. The van der Waals surface area contributed by atoms with Gasteiger partial charge in [0.2, 0.25) is 4.47 Å². The lowest BCUT2D eigenvalue weighted by Gasteiger charge is -2.19. The van der Waals surface area contributed by atoms with Crippen molar-refractivity contribution >= 4 is 22.9 Å². The molecule has 0 N–H and O–H groups in total. The number of unbranched alkanes of at least 4 members (excludes halogenated alkanes) is 1. The Hall–Kier alpha value is -0.190. The van der Waals surface area contributed by atoms with Crippen LogP contribution in [0.1, 0.15) is 37.6 Å². The van der Waals surface area contributed by atoms with Gasteiger partial charge in [-0.15, -0.1) is 10.2 Å². The summed E-state index contributed by atoms with van der Waals surface area (Å²) >= 11 is 7.27. The monoisotopic (exact) mass is 245 g/mol. The summed E-state index contributed by atoms with van der Waals surface area (Å²) in [6.07, 6.45) is 5.20. The van der Waals surface area contributed by atoms with Gasteiger partial charge in [-0.1, -0.05) is 24.7 Å². The molecule has 0 radical (unpaired) electrons.